The highest BCUT2D eigenvalue weighted by Crippen LogP contribution is 2.09. The number of ether oxygens (including phenoxy) is 1. The van der Waals surface area contributed by atoms with Crippen LogP contribution in [-0.2, 0) is 6.42 Å². The fraction of sp³-hybridized carbons (Fsp3) is 0.667. The molecule has 1 heterocycles. The second kappa shape index (κ2) is 6.43. The Morgan fingerprint density at radius 1 is 1.38 bits per heavy atom. The average molecular weight is 223 g/mol. The first-order valence-corrected chi connectivity index (χ1v) is 5.80. The zero-order valence-corrected chi connectivity index (χ0v) is 10.5. The van der Waals surface area contributed by atoms with Crippen molar-refractivity contribution in [3.05, 3.63) is 18.1 Å². The molecule has 1 atom stereocenters. The van der Waals surface area contributed by atoms with E-state index in [1.54, 1.807) is 12.4 Å². The van der Waals surface area contributed by atoms with E-state index in [1.165, 1.54) is 0 Å². The SMILES string of the molecule is CCC(Cc1cncc(OC(C)C)n1)NC. The lowest BCUT2D eigenvalue weighted by Gasteiger charge is -2.14. The highest BCUT2D eigenvalue weighted by Gasteiger charge is 2.07. The maximum absolute atomic E-state index is 5.51. The Morgan fingerprint density at radius 3 is 2.69 bits per heavy atom. The van der Waals surface area contributed by atoms with Gasteiger partial charge in [0, 0.05) is 18.7 Å². The molecule has 0 aromatic carbocycles. The highest BCUT2D eigenvalue weighted by atomic mass is 16.5. The zero-order chi connectivity index (χ0) is 12.0. The van der Waals surface area contributed by atoms with Gasteiger partial charge in [-0.15, -0.1) is 0 Å². The van der Waals surface area contributed by atoms with Gasteiger partial charge in [-0.25, -0.2) is 4.98 Å². The van der Waals surface area contributed by atoms with Crippen LogP contribution in [0, 0.1) is 0 Å². The van der Waals surface area contributed by atoms with Crippen LogP contribution in [0.25, 0.3) is 0 Å². The van der Waals surface area contributed by atoms with Gasteiger partial charge in [0.1, 0.15) is 0 Å². The molecule has 1 aromatic rings. The van der Waals surface area contributed by atoms with Gasteiger partial charge in [0.05, 0.1) is 18.0 Å². The van der Waals surface area contributed by atoms with Gasteiger partial charge in [-0.3, -0.25) is 4.98 Å². The minimum Gasteiger partial charge on any atom is -0.474 e. The number of hydrogen-bond donors (Lipinski definition) is 1. The third kappa shape index (κ3) is 4.14. The van der Waals surface area contributed by atoms with Crippen molar-refractivity contribution in [2.24, 2.45) is 0 Å². The molecule has 0 radical (unpaired) electrons. The van der Waals surface area contributed by atoms with Gasteiger partial charge >= 0.3 is 0 Å². The van der Waals surface area contributed by atoms with E-state index in [4.69, 9.17) is 4.74 Å². The lowest BCUT2D eigenvalue weighted by Crippen LogP contribution is -2.27. The summed E-state index contributed by atoms with van der Waals surface area (Å²) in [5.41, 5.74) is 0.972. The molecule has 1 N–H and O–H groups in total. The molecule has 4 nitrogen and oxygen atoms in total. The summed E-state index contributed by atoms with van der Waals surface area (Å²) in [5, 5.41) is 3.25. The monoisotopic (exact) mass is 223 g/mol. The Bertz CT molecular complexity index is 311. The molecule has 0 aliphatic carbocycles. The van der Waals surface area contributed by atoms with Crippen LogP contribution in [-0.4, -0.2) is 29.2 Å². The smallest absolute Gasteiger partial charge is 0.232 e. The van der Waals surface area contributed by atoms with Crippen LogP contribution in [0.3, 0.4) is 0 Å². The van der Waals surface area contributed by atoms with Crippen LogP contribution in [0.1, 0.15) is 32.9 Å². The van der Waals surface area contributed by atoms with E-state index in [-0.39, 0.29) is 6.10 Å². The Balaban J connectivity index is 2.66. The van der Waals surface area contributed by atoms with Crippen LogP contribution in [0.5, 0.6) is 5.88 Å². The second-order valence-corrected chi connectivity index (χ2v) is 4.11. The minimum absolute atomic E-state index is 0.135. The van der Waals surface area contributed by atoms with Crippen molar-refractivity contribution < 1.29 is 4.74 Å². The molecule has 4 heteroatoms. The predicted octanol–water partition coefficient (Wildman–Crippen LogP) is 1.80. The Morgan fingerprint density at radius 2 is 2.12 bits per heavy atom. The lowest BCUT2D eigenvalue weighted by atomic mass is 10.1. The van der Waals surface area contributed by atoms with Crippen LogP contribution in [0.2, 0.25) is 0 Å². The first kappa shape index (κ1) is 12.9. The molecule has 0 spiro atoms. The summed E-state index contributed by atoms with van der Waals surface area (Å²) in [7, 11) is 1.97. The molecular formula is C12H21N3O. The minimum atomic E-state index is 0.135. The predicted molar refractivity (Wildman–Crippen MR) is 64.6 cm³/mol. The van der Waals surface area contributed by atoms with Gasteiger partial charge in [-0.2, -0.15) is 0 Å². The molecule has 0 amide bonds. The van der Waals surface area contributed by atoms with Gasteiger partial charge in [0.2, 0.25) is 5.88 Å². The van der Waals surface area contributed by atoms with E-state index in [9.17, 15) is 0 Å². The summed E-state index contributed by atoms with van der Waals surface area (Å²) < 4.78 is 5.51. The zero-order valence-electron chi connectivity index (χ0n) is 10.5. The third-order valence-corrected chi connectivity index (χ3v) is 2.38. The van der Waals surface area contributed by atoms with Crippen molar-refractivity contribution in [2.75, 3.05) is 7.05 Å². The molecule has 1 unspecified atom stereocenters. The molecule has 0 aliphatic rings. The highest BCUT2D eigenvalue weighted by molar-refractivity contribution is 5.09. The van der Waals surface area contributed by atoms with Gasteiger partial charge in [0.15, 0.2) is 0 Å². The molecule has 1 rings (SSSR count). The van der Waals surface area contributed by atoms with Crippen LogP contribution < -0.4 is 10.1 Å². The van der Waals surface area contributed by atoms with Crippen molar-refractivity contribution in [2.45, 2.75) is 45.8 Å². The largest absolute Gasteiger partial charge is 0.474 e. The number of likely N-dealkylation sites (N-methyl/N-ethyl adjacent to an activating group) is 1. The van der Waals surface area contributed by atoms with Crippen LogP contribution in [0.4, 0.5) is 0 Å². The lowest BCUT2D eigenvalue weighted by molar-refractivity contribution is 0.230. The van der Waals surface area contributed by atoms with Crippen LogP contribution >= 0.6 is 0 Å². The normalized spacial score (nSPS) is 12.8. The van der Waals surface area contributed by atoms with Crippen molar-refractivity contribution in [1.29, 1.82) is 0 Å². The maximum atomic E-state index is 5.51. The quantitative estimate of drug-likeness (QED) is 0.799. The Kier molecular flexibility index (Phi) is 5.19. The van der Waals surface area contributed by atoms with Gasteiger partial charge in [-0.05, 0) is 27.3 Å². The first-order valence-electron chi connectivity index (χ1n) is 5.80. The summed E-state index contributed by atoms with van der Waals surface area (Å²) in [6.45, 7) is 6.12. The van der Waals surface area contributed by atoms with Crippen molar-refractivity contribution in [1.82, 2.24) is 15.3 Å². The number of nitrogens with one attached hydrogen (secondary N) is 1. The summed E-state index contributed by atoms with van der Waals surface area (Å²) in [6, 6.07) is 0.448. The molecule has 0 saturated carbocycles. The summed E-state index contributed by atoms with van der Waals surface area (Å²) in [4.78, 5) is 8.57. The first-order chi connectivity index (χ1) is 7.65. The fourth-order valence-electron chi connectivity index (χ4n) is 1.49. The molecular weight excluding hydrogens is 202 g/mol. The topological polar surface area (TPSA) is 47.0 Å². The molecule has 1 aromatic heterocycles. The Labute approximate surface area is 97.5 Å². The second-order valence-electron chi connectivity index (χ2n) is 4.11. The van der Waals surface area contributed by atoms with E-state index < -0.39 is 0 Å². The van der Waals surface area contributed by atoms with Crippen molar-refractivity contribution >= 4 is 0 Å². The van der Waals surface area contributed by atoms with Crippen LogP contribution in [0.15, 0.2) is 12.4 Å². The molecule has 0 aliphatic heterocycles. The summed E-state index contributed by atoms with van der Waals surface area (Å²) in [6.07, 6.45) is 5.55. The molecule has 0 fully saturated rings. The summed E-state index contributed by atoms with van der Waals surface area (Å²) in [5.74, 6) is 0.610. The fourth-order valence-corrected chi connectivity index (χ4v) is 1.49. The van der Waals surface area contributed by atoms with E-state index in [2.05, 4.69) is 22.2 Å². The number of hydrogen-bond acceptors (Lipinski definition) is 4. The van der Waals surface area contributed by atoms with Crippen molar-refractivity contribution in [3.8, 4) is 5.88 Å². The molecule has 16 heavy (non-hydrogen) atoms. The van der Waals surface area contributed by atoms with E-state index >= 15 is 0 Å². The third-order valence-electron chi connectivity index (χ3n) is 2.38. The standard InChI is InChI=1S/C12H21N3O/c1-5-10(13-4)6-11-7-14-8-12(15-11)16-9(2)3/h7-10,13H,5-6H2,1-4H3. The Hall–Kier alpha value is -1.16. The molecule has 90 valence electrons. The van der Waals surface area contributed by atoms with E-state index in [0.717, 1.165) is 18.5 Å². The van der Waals surface area contributed by atoms with Gasteiger partial charge in [0.25, 0.3) is 0 Å². The van der Waals surface area contributed by atoms with Gasteiger partial charge < -0.3 is 10.1 Å². The number of aromatic nitrogens is 2. The van der Waals surface area contributed by atoms with E-state index in [0.29, 0.717) is 11.9 Å². The number of rotatable bonds is 6. The van der Waals surface area contributed by atoms with Gasteiger partial charge in [-0.1, -0.05) is 6.92 Å². The van der Waals surface area contributed by atoms with E-state index in [1.807, 2.05) is 20.9 Å². The molecule has 0 bridgehead atoms. The number of nitrogens with zero attached hydrogens (tertiary/aromatic N) is 2. The molecule has 0 saturated heterocycles. The average Bonchev–Trinajstić information content (AvgIpc) is 2.25. The van der Waals surface area contributed by atoms with Crippen molar-refractivity contribution in [3.63, 3.8) is 0 Å². The summed E-state index contributed by atoms with van der Waals surface area (Å²) >= 11 is 0. The maximum Gasteiger partial charge on any atom is 0.232 e.